The first-order valence-electron chi connectivity index (χ1n) is 6.06. The van der Waals surface area contributed by atoms with Gasteiger partial charge in [0.15, 0.2) is 0 Å². The largest absolute Gasteiger partial charge is 0.393 e. The van der Waals surface area contributed by atoms with E-state index in [0.29, 0.717) is 19.4 Å². The second-order valence-corrected chi connectivity index (χ2v) is 4.14. The predicted octanol–water partition coefficient (Wildman–Crippen LogP) is 2.06. The molecule has 0 amide bonds. The van der Waals surface area contributed by atoms with Crippen LogP contribution >= 0.6 is 0 Å². The lowest BCUT2D eigenvalue weighted by atomic mass is 9.96. The molecule has 1 saturated heterocycles. The van der Waals surface area contributed by atoms with Crippen LogP contribution in [0.25, 0.3) is 0 Å². The van der Waals surface area contributed by atoms with Crippen molar-refractivity contribution >= 4 is 11.9 Å². The van der Waals surface area contributed by atoms with Crippen molar-refractivity contribution in [2.24, 2.45) is 5.92 Å². The van der Waals surface area contributed by atoms with Crippen molar-refractivity contribution in [3.63, 3.8) is 0 Å². The number of cyclic esters (lactones) is 2. The first-order valence-corrected chi connectivity index (χ1v) is 6.06. The number of carbonyl (C=O) groups is 2. The summed E-state index contributed by atoms with van der Waals surface area (Å²) in [5.74, 6) is -0.849. The predicted molar refractivity (Wildman–Crippen MR) is 58.8 cm³/mol. The summed E-state index contributed by atoms with van der Waals surface area (Å²) in [5.41, 5.74) is 0. The fourth-order valence-corrected chi connectivity index (χ4v) is 1.70. The number of hydrogen-bond acceptors (Lipinski definition) is 4. The lowest BCUT2D eigenvalue weighted by molar-refractivity contribution is -0.167. The van der Waals surface area contributed by atoms with Gasteiger partial charge in [-0.2, -0.15) is 0 Å². The molecule has 1 heterocycles. The number of esters is 2. The van der Waals surface area contributed by atoms with E-state index >= 15 is 0 Å². The molecule has 16 heavy (non-hydrogen) atoms. The molecule has 1 atom stereocenters. The smallest absolute Gasteiger partial charge is 0.316 e. The number of carbonyl (C=O) groups excluding carboxylic acids is 2. The molecule has 0 radical (unpaired) electrons. The van der Waals surface area contributed by atoms with Crippen LogP contribution in [0.15, 0.2) is 0 Å². The SMILES string of the molecule is CCCCOCCCC1CCC(=O)OC1=O. The van der Waals surface area contributed by atoms with E-state index in [9.17, 15) is 9.59 Å². The van der Waals surface area contributed by atoms with E-state index in [1.54, 1.807) is 0 Å². The molecule has 0 aromatic rings. The van der Waals surface area contributed by atoms with Gasteiger partial charge >= 0.3 is 11.9 Å². The molecule has 0 N–H and O–H groups in total. The monoisotopic (exact) mass is 228 g/mol. The van der Waals surface area contributed by atoms with E-state index in [2.05, 4.69) is 11.7 Å². The van der Waals surface area contributed by atoms with Gasteiger partial charge in [0.05, 0.1) is 5.92 Å². The highest BCUT2D eigenvalue weighted by Crippen LogP contribution is 2.20. The van der Waals surface area contributed by atoms with Crippen molar-refractivity contribution in [1.82, 2.24) is 0 Å². The van der Waals surface area contributed by atoms with E-state index in [4.69, 9.17) is 4.74 Å². The zero-order valence-corrected chi connectivity index (χ0v) is 9.87. The van der Waals surface area contributed by atoms with Crippen molar-refractivity contribution in [3.05, 3.63) is 0 Å². The van der Waals surface area contributed by atoms with Gasteiger partial charge in [-0.3, -0.25) is 9.59 Å². The van der Waals surface area contributed by atoms with Crippen LogP contribution in [0.4, 0.5) is 0 Å². The molecule has 0 saturated carbocycles. The molecule has 4 heteroatoms. The highest BCUT2D eigenvalue weighted by molar-refractivity contribution is 5.89. The number of rotatable bonds is 7. The summed E-state index contributed by atoms with van der Waals surface area (Å²) < 4.78 is 9.98. The minimum Gasteiger partial charge on any atom is -0.393 e. The molecule has 1 fully saturated rings. The zero-order chi connectivity index (χ0) is 11.8. The van der Waals surface area contributed by atoms with E-state index in [-0.39, 0.29) is 17.9 Å². The second kappa shape index (κ2) is 7.39. The Labute approximate surface area is 96.3 Å². The summed E-state index contributed by atoms with van der Waals surface area (Å²) in [6.07, 6.45) is 4.84. The van der Waals surface area contributed by atoms with Gasteiger partial charge < -0.3 is 9.47 Å². The summed E-state index contributed by atoms with van der Waals surface area (Å²) in [6, 6.07) is 0. The molecule has 92 valence electrons. The van der Waals surface area contributed by atoms with E-state index in [0.717, 1.165) is 32.3 Å². The molecule has 0 bridgehead atoms. The average Bonchev–Trinajstić information content (AvgIpc) is 2.26. The van der Waals surface area contributed by atoms with E-state index in [1.165, 1.54) is 0 Å². The molecule has 0 aliphatic carbocycles. The van der Waals surface area contributed by atoms with Crippen molar-refractivity contribution < 1.29 is 19.1 Å². The Hall–Kier alpha value is -0.900. The van der Waals surface area contributed by atoms with Gasteiger partial charge in [-0.05, 0) is 25.7 Å². The molecule has 0 aromatic heterocycles. The number of unbranched alkanes of at least 4 members (excludes halogenated alkanes) is 1. The van der Waals surface area contributed by atoms with Crippen molar-refractivity contribution in [1.29, 1.82) is 0 Å². The minimum atomic E-state index is -0.388. The first kappa shape index (κ1) is 13.2. The molecular weight excluding hydrogens is 208 g/mol. The molecule has 0 aromatic carbocycles. The highest BCUT2D eigenvalue weighted by Gasteiger charge is 2.28. The van der Waals surface area contributed by atoms with Gasteiger partial charge in [0.25, 0.3) is 0 Å². The number of hydrogen-bond donors (Lipinski definition) is 0. The third-order valence-electron chi connectivity index (χ3n) is 2.73. The normalized spacial score (nSPS) is 20.9. The maximum atomic E-state index is 11.3. The van der Waals surface area contributed by atoms with Crippen LogP contribution in [0, 0.1) is 5.92 Å². The van der Waals surface area contributed by atoms with Crippen LogP contribution in [0.2, 0.25) is 0 Å². The molecular formula is C12H20O4. The first-order chi connectivity index (χ1) is 7.74. The standard InChI is InChI=1S/C12H20O4/c1-2-3-8-15-9-4-5-10-6-7-11(13)16-12(10)14/h10H,2-9H2,1H3. The van der Waals surface area contributed by atoms with Crippen LogP contribution in [0.1, 0.15) is 45.4 Å². The van der Waals surface area contributed by atoms with Gasteiger partial charge in [-0.25, -0.2) is 0 Å². The maximum absolute atomic E-state index is 11.3. The van der Waals surface area contributed by atoms with Crippen molar-refractivity contribution in [3.8, 4) is 0 Å². The Morgan fingerprint density at radius 1 is 1.31 bits per heavy atom. The summed E-state index contributed by atoms with van der Waals surface area (Å²) in [6.45, 7) is 3.61. The van der Waals surface area contributed by atoms with Gasteiger partial charge in [-0.1, -0.05) is 13.3 Å². The summed E-state index contributed by atoms with van der Waals surface area (Å²) >= 11 is 0. The van der Waals surface area contributed by atoms with Gasteiger partial charge in [0.2, 0.25) is 0 Å². The Morgan fingerprint density at radius 2 is 2.06 bits per heavy atom. The molecule has 1 aliphatic heterocycles. The number of ether oxygens (including phenoxy) is 2. The van der Waals surface area contributed by atoms with Crippen molar-refractivity contribution in [2.75, 3.05) is 13.2 Å². The lowest BCUT2D eigenvalue weighted by Gasteiger charge is -2.18. The zero-order valence-electron chi connectivity index (χ0n) is 9.87. The Kier molecular flexibility index (Phi) is 6.08. The van der Waals surface area contributed by atoms with Gasteiger partial charge in [-0.15, -0.1) is 0 Å². The molecule has 4 nitrogen and oxygen atoms in total. The summed E-state index contributed by atoms with van der Waals surface area (Å²) in [5, 5.41) is 0. The molecule has 1 unspecified atom stereocenters. The maximum Gasteiger partial charge on any atom is 0.316 e. The quantitative estimate of drug-likeness (QED) is 0.380. The fourth-order valence-electron chi connectivity index (χ4n) is 1.70. The van der Waals surface area contributed by atoms with Crippen LogP contribution < -0.4 is 0 Å². The van der Waals surface area contributed by atoms with Crippen LogP contribution in [0.3, 0.4) is 0 Å². The van der Waals surface area contributed by atoms with E-state index in [1.807, 2.05) is 0 Å². The summed E-state index contributed by atoms with van der Waals surface area (Å²) in [7, 11) is 0. The van der Waals surface area contributed by atoms with E-state index < -0.39 is 0 Å². The minimum absolute atomic E-state index is 0.104. The highest BCUT2D eigenvalue weighted by atomic mass is 16.6. The van der Waals surface area contributed by atoms with Crippen molar-refractivity contribution in [2.45, 2.75) is 45.4 Å². The Balaban J connectivity index is 2.04. The van der Waals surface area contributed by atoms with Crippen LogP contribution in [-0.2, 0) is 19.1 Å². The molecule has 1 aliphatic rings. The second-order valence-electron chi connectivity index (χ2n) is 4.14. The Morgan fingerprint density at radius 3 is 2.75 bits per heavy atom. The third-order valence-corrected chi connectivity index (χ3v) is 2.73. The van der Waals surface area contributed by atoms with Crippen LogP contribution in [0.5, 0.6) is 0 Å². The molecule has 1 rings (SSSR count). The van der Waals surface area contributed by atoms with Gasteiger partial charge in [0.1, 0.15) is 0 Å². The Bertz CT molecular complexity index is 237. The third kappa shape index (κ3) is 4.75. The molecule has 0 spiro atoms. The average molecular weight is 228 g/mol. The van der Waals surface area contributed by atoms with Gasteiger partial charge in [0, 0.05) is 19.6 Å². The van der Waals surface area contributed by atoms with Crippen LogP contribution in [-0.4, -0.2) is 25.2 Å². The topological polar surface area (TPSA) is 52.6 Å². The summed E-state index contributed by atoms with van der Waals surface area (Å²) in [4.78, 5) is 22.1. The fraction of sp³-hybridized carbons (Fsp3) is 0.833. The lowest BCUT2D eigenvalue weighted by Crippen LogP contribution is -2.27.